The topological polar surface area (TPSA) is 112 Å². The van der Waals surface area contributed by atoms with Crippen molar-refractivity contribution in [3.05, 3.63) is 41.1 Å². The van der Waals surface area contributed by atoms with E-state index in [9.17, 15) is 4.79 Å². The van der Waals surface area contributed by atoms with Crippen LogP contribution in [0, 0.1) is 34.0 Å². The van der Waals surface area contributed by atoms with Crippen LogP contribution < -0.4 is 10.6 Å². The number of para-hydroxylation sites is 1. The zero-order chi connectivity index (χ0) is 16.5. The van der Waals surface area contributed by atoms with Crippen molar-refractivity contribution in [2.24, 2.45) is 0 Å². The number of nitrogens with zero attached hydrogens (tertiary/aromatic N) is 3. The van der Waals surface area contributed by atoms with E-state index in [0.717, 1.165) is 6.42 Å². The van der Waals surface area contributed by atoms with Crippen LogP contribution in [0.3, 0.4) is 0 Å². The van der Waals surface area contributed by atoms with Crippen molar-refractivity contribution in [2.75, 3.05) is 5.32 Å². The Hall–Kier alpha value is -3.30. The lowest BCUT2D eigenvalue weighted by atomic mass is 10.1. The molecule has 1 amide bonds. The first-order valence-corrected chi connectivity index (χ1v) is 6.68. The van der Waals surface area contributed by atoms with Gasteiger partial charge in [-0.2, -0.15) is 15.8 Å². The number of allylic oxidation sites excluding steroid dienone is 2. The molecule has 6 nitrogen and oxygen atoms in total. The number of nitriles is 3. The van der Waals surface area contributed by atoms with Crippen LogP contribution in [0.5, 0.6) is 0 Å². The van der Waals surface area contributed by atoms with Crippen molar-refractivity contribution >= 4 is 11.6 Å². The SMILES string of the molecule is CCC(C)NC(=O)c1ccccc1NC(C#N)=C(C#N)C#N. The molecular formula is C16H15N5O. The second kappa shape index (κ2) is 8.09. The summed E-state index contributed by atoms with van der Waals surface area (Å²) in [4.78, 5) is 12.2. The summed E-state index contributed by atoms with van der Waals surface area (Å²) >= 11 is 0. The van der Waals surface area contributed by atoms with Crippen molar-refractivity contribution in [1.82, 2.24) is 5.32 Å². The number of hydrogen-bond donors (Lipinski definition) is 2. The van der Waals surface area contributed by atoms with Crippen LogP contribution in [-0.2, 0) is 0 Å². The molecular weight excluding hydrogens is 278 g/mol. The van der Waals surface area contributed by atoms with E-state index in [1.807, 2.05) is 13.8 Å². The van der Waals surface area contributed by atoms with Crippen LogP contribution in [0.15, 0.2) is 35.5 Å². The molecule has 1 aromatic rings. The molecule has 1 unspecified atom stereocenters. The van der Waals surface area contributed by atoms with E-state index in [1.54, 1.807) is 42.5 Å². The van der Waals surface area contributed by atoms with Crippen molar-refractivity contribution in [3.63, 3.8) is 0 Å². The molecule has 2 N–H and O–H groups in total. The number of hydrogen-bond acceptors (Lipinski definition) is 5. The summed E-state index contributed by atoms with van der Waals surface area (Å²) in [6.07, 6.45) is 0.789. The monoisotopic (exact) mass is 293 g/mol. The van der Waals surface area contributed by atoms with Gasteiger partial charge in [0.25, 0.3) is 5.91 Å². The van der Waals surface area contributed by atoms with E-state index in [1.165, 1.54) is 0 Å². The van der Waals surface area contributed by atoms with E-state index in [2.05, 4.69) is 10.6 Å². The number of amides is 1. The number of anilines is 1. The fourth-order valence-corrected chi connectivity index (χ4v) is 1.61. The Kier molecular flexibility index (Phi) is 6.16. The lowest BCUT2D eigenvalue weighted by Crippen LogP contribution is -2.32. The number of carbonyl (C=O) groups is 1. The minimum absolute atomic E-state index is 0.0142. The van der Waals surface area contributed by atoms with Gasteiger partial charge in [-0.1, -0.05) is 19.1 Å². The van der Waals surface area contributed by atoms with E-state index in [0.29, 0.717) is 11.3 Å². The summed E-state index contributed by atoms with van der Waals surface area (Å²) in [7, 11) is 0. The van der Waals surface area contributed by atoms with E-state index in [-0.39, 0.29) is 23.2 Å². The molecule has 1 aromatic carbocycles. The number of benzene rings is 1. The molecule has 0 aromatic heterocycles. The van der Waals surface area contributed by atoms with Crippen LogP contribution in [0.25, 0.3) is 0 Å². The highest BCUT2D eigenvalue weighted by molar-refractivity contribution is 6.00. The van der Waals surface area contributed by atoms with Gasteiger partial charge in [-0.25, -0.2) is 0 Å². The molecule has 0 radical (unpaired) electrons. The Bertz CT molecular complexity index is 699. The van der Waals surface area contributed by atoms with Crippen LogP contribution in [0.4, 0.5) is 5.69 Å². The van der Waals surface area contributed by atoms with Crippen LogP contribution >= 0.6 is 0 Å². The van der Waals surface area contributed by atoms with E-state index >= 15 is 0 Å². The van der Waals surface area contributed by atoms with Crippen LogP contribution in [0.1, 0.15) is 30.6 Å². The zero-order valence-electron chi connectivity index (χ0n) is 12.3. The zero-order valence-corrected chi connectivity index (χ0v) is 12.3. The summed E-state index contributed by atoms with van der Waals surface area (Å²) in [5.41, 5.74) is 0.182. The number of rotatable bonds is 5. The maximum Gasteiger partial charge on any atom is 0.253 e. The first-order chi connectivity index (χ1) is 10.6. The average Bonchev–Trinajstić information content (AvgIpc) is 2.55. The summed E-state index contributed by atoms with van der Waals surface area (Å²) in [5.74, 6) is -0.287. The molecule has 0 aliphatic heterocycles. The standard InChI is InChI=1S/C16H15N5O/c1-3-11(2)20-16(22)13-6-4-5-7-14(13)21-15(10-19)12(8-17)9-18/h4-7,11,21H,3H2,1-2H3,(H,20,22). The van der Waals surface area contributed by atoms with Crippen molar-refractivity contribution in [3.8, 4) is 18.2 Å². The van der Waals surface area contributed by atoms with Gasteiger partial charge in [0.2, 0.25) is 0 Å². The van der Waals surface area contributed by atoms with Gasteiger partial charge < -0.3 is 10.6 Å². The lowest BCUT2D eigenvalue weighted by Gasteiger charge is -2.14. The first-order valence-electron chi connectivity index (χ1n) is 6.68. The second-order valence-electron chi connectivity index (χ2n) is 4.54. The average molecular weight is 293 g/mol. The molecule has 22 heavy (non-hydrogen) atoms. The van der Waals surface area contributed by atoms with E-state index in [4.69, 9.17) is 15.8 Å². The molecule has 0 saturated carbocycles. The Morgan fingerprint density at radius 1 is 1.18 bits per heavy atom. The van der Waals surface area contributed by atoms with Gasteiger partial charge in [-0.3, -0.25) is 4.79 Å². The summed E-state index contributed by atoms with van der Waals surface area (Å²) in [5, 5.41) is 32.2. The molecule has 0 fully saturated rings. The Morgan fingerprint density at radius 2 is 1.82 bits per heavy atom. The Labute approximate surface area is 129 Å². The van der Waals surface area contributed by atoms with Crippen molar-refractivity contribution in [1.29, 1.82) is 15.8 Å². The number of carbonyl (C=O) groups excluding carboxylic acids is 1. The molecule has 0 saturated heterocycles. The maximum absolute atomic E-state index is 12.2. The molecule has 6 heteroatoms. The highest BCUT2D eigenvalue weighted by Crippen LogP contribution is 2.18. The third-order valence-electron chi connectivity index (χ3n) is 3.01. The van der Waals surface area contributed by atoms with Crippen molar-refractivity contribution in [2.45, 2.75) is 26.3 Å². The smallest absolute Gasteiger partial charge is 0.253 e. The Balaban J connectivity index is 3.16. The summed E-state index contributed by atoms with van der Waals surface area (Å²) < 4.78 is 0. The summed E-state index contributed by atoms with van der Waals surface area (Å²) in [6, 6.07) is 11.7. The molecule has 1 rings (SSSR count). The number of nitrogens with one attached hydrogen (secondary N) is 2. The van der Waals surface area contributed by atoms with Gasteiger partial charge in [-0.15, -0.1) is 0 Å². The van der Waals surface area contributed by atoms with Gasteiger partial charge >= 0.3 is 0 Å². The maximum atomic E-state index is 12.2. The van der Waals surface area contributed by atoms with Crippen LogP contribution in [0.2, 0.25) is 0 Å². The van der Waals surface area contributed by atoms with E-state index < -0.39 is 0 Å². The molecule has 0 bridgehead atoms. The predicted molar refractivity (Wildman–Crippen MR) is 81.1 cm³/mol. The highest BCUT2D eigenvalue weighted by atomic mass is 16.1. The third-order valence-corrected chi connectivity index (χ3v) is 3.01. The first kappa shape index (κ1) is 16.8. The van der Waals surface area contributed by atoms with Gasteiger partial charge in [0.1, 0.15) is 23.9 Å². The van der Waals surface area contributed by atoms with Gasteiger partial charge in [0.15, 0.2) is 5.57 Å². The third kappa shape index (κ3) is 4.10. The molecule has 0 aliphatic rings. The summed E-state index contributed by atoms with van der Waals surface area (Å²) in [6.45, 7) is 3.84. The highest BCUT2D eigenvalue weighted by Gasteiger charge is 2.15. The lowest BCUT2D eigenvalue weighted by molar-refractivity contribution is 0.0940. The molecule has 0 heterocycles. The second-order valence-corrected chi connectivity index (χ2v) is 4.54. The Morgan fingerprint density at radius 3 is 2.36 bits per heavy atom. The molecule has 0 spiro atoms. The fourth-order valence-electron chi connectivity index (χ4n) is 1.61. The molecule has 110 valence electrons. The molecule has 0 aliphatic carbocycles. The van der Waals surface area contributed by atoms with Gasteiger partial charge in [-0.05, 0) is 25.5 Å². The van der Waals surface area contributed by atoms with Gasteiger partial charge in [0.05, 0.1) is 11.3 Å². The minimum atomic E-state index is -0.334. The van der Waals surface area contributed by atoms with Crippen molar-refractivity contribution < 1.29 is 4.79 Å². The predicted octanol–water partition coefficient (Wildman–Crippen LogP) is 2.45. The molecule has 1 atom stereocenters. The fraction of sp³-hybridized carbons (Fsp3) is 0.250. The minimum Gasteiger partial charge on any atom is -0.350 e. The largest absolute Gasteiger partial charge is 0.350 e. The van der Waals surface area contributed by atoms with Crippen LogP contribution in [-0.4, -0.2) is 11.9 Å². The normalized spacial score (nSPS) is 10.3. The quantitative estimate of drug-likeness (QED) is 0.810. The van der Waals surface area contributed by atoms with Gasteiger partial charge in [0, 0.05) is 6.04 Å².